The lowest BCUT2D eigenvalue weighted by atomic mass is 10.1. The molecular weight excluding hydrogens is 369 g/mol. The lowest BCUT2D eigenvalue weighted by molar-refractivity contribution is -0.114. The normalized spacial score (nSPS) is 11.1. The predicted octanol–water partition coefficient (Wildman–Crippen LogP) is 4.97. The summed E-state index contributed by atoms with van der Waals surface area (Å²) in [6, 6.07) is 16.0. The Balaban J connectivity index is 1.56. The second-order valence-electron chi connectivity index (χ2n) is 6.46. The van der Waals surface area contributed by atoms with Crippen LogP contribution in [0.1, 0.15) is 18.3 Å². The van der Waals surface area contributed by atoms with E-state index in [0.717, 1.165) is 28.0 Å². The van der Waals surface area contributed by atoms with Gasteiger partial charge in [0.1, 0.15) is 5.82 Å². The maximum atomic E-state index is 13.8. The van der Waals surface area contributed by atoms with Crippen LogP contribution in [0, 0.1) is 5.82 Å². The van der Waals surface area contributed by atoms with Crippen LogP contribution in [-0.4, -0.2) is 21.1 Å². The number of halogens is 1. The molecule has 4 aromatic rings. The molecule has 0 aliphatic rings. The Labute approximate surface area is 166 Å². The van der Waals surface area contributed by atoms with Crippen LogP contribution in [0.15, 0.2) is 60.8 Å². The SMILES string of the molecule is CC(=O)Nc1cc(Nc2ccc3c(C=Cc4ccccn4)n[nH]c3c2)ccc1F. The van der Waals surface area contributed by atoms with E-state index in [0.29, 0.717) is 5.69 Å². The van der Waals surface area contributed by atoms with E-state index >= 15 is 0 Å². The van der Waals surface area contributed by atoms with Crippen LogP contribution < -0.4 is 10.6 Å². The predicted molar refractivity (Wildman–Crippen MR) is 113 cm³/mol. The largest absolute Gasteiger partial charge is 0.355 e. The van der Waals surface area contributed by atoms with Gasteiger partial charge >= 0.3 is 0 Å². The van der Waals surface area contributed by atoms with E-state index in [1.165, 1.54) is 13.0 Å². The number of carbonyl (C=O) groups excluding carboxylic acids is 1. The Morgan fingerprint density at radius 2 is 1.90 bits per heavy atom. The summed E-state index contributed by atoms with van der Waals surface area (Å²) in [5, 5.41) is 14.0. The van der Waals surface area contributed by atoms with Gasteiger partial charge in [-0.25, -0.2) is 4.39 Å². The average molecular weight is 387 g/mol. The number of amides is 1. The molecule has 0 aliphatic carbocycles. The molecule has 3 N–H and O–H groups in total. The van der Waals surface area contributed by atoms with Crippen LogP contribution in [0.5, 0.6) is 0 Å². The molecular formula is C22H18FN5O. The first-order valence-corrected chi connectivity index (χ1v) is 9.00. The van der Waals surface area contributed by atoms with Gasteiger partial charge in [-0.15, -0.1) is 0 Å². The second-order valence-corrected chi connectivity index (χ2v) is 6.46. The molecule has 0 unspecified atom stereocenters. The molecule has 0 fully saturated rings. The number of carbonyl (C=O) groups is 1. The smallest absolute Gasteiger partial charge is 0.221 e. The van der Waals surface area contributed by atoms with Gasteiger partial charge in [-0.1, -0.05) is 6.07 Å². The van der Waals surface area contributed by atoms with Crippen molar-refractivity contribution in [1.82, 2.24) is 15.2 Å². The number of aromatic nitrogens is 3. The third-order valence-corrected chi connectivity index (χ3v) is 4.26. The van der Waals surface area contributed by atoms with Crippen molar-refractivity contribution in [3.8, 4) is 0 Å². The fourth-order valence-corrected chi connectivity index (χ4v) is 2.94. The molecule has 0 atom stereocenters. The van der Waals surface area contributed by atoms with Crippen molar-refractivity contribution < 1.29 is 9.18 Å². The van der Waals surface area contributed by atoms with Gasteiger partial charge in [0.2, 0.25) is 5.91 Å². The average Bonchev–Trinajstić information content (AvgIpc) is 3.11. The van der Waals surface area contributed by atoms with E-state index in [4.69, 9.17) is 0 Å². The van der Waals surface area contributed by atoms with Crippen molar-refractivity contribution in [2.45, 2.75) is 6.92 Å². The summed E-state index contributed by atoms with van der Waals surface area (Å²) in [5.41, 5.74) is 4.12. The maximum absolute atomic E-state index is 13.8. The highest BCUT2D eigenvalue weighted by Crippen LogP contribution is 2.26. The summed E-state index contributed by atoms with van der Waals surface area (Å²) in [6.07, 6.45) is 5.56. The summed E-state index contributed by atoms with van der Waals surface area (Å²) >= 11 is 0. The Kier molecular flexibility index (Phi) is 5.03. The van der Waals surface area contributed by atoms with Gasteiger partial charge in [0.25, 0.3) is 0 Å². The van der Waals surface area contributed by atoms with Gasteiger partial charge < -0.3 is 10.6 Å². The van der Waals surface area contributed by atoms with E-state index in [-0.39, 0.29) is 11.6 Å². The van der Waals surface area contributed by atoms with Crippen LogP contribution in [0.2, 0.25) is 0 Å². The van der Waals surface area contributed by atoms with Crippen LogP contribution in [0.3, 0.4) is 0 Å². The fraction of sp³-hybridized carbons (Fsp3) is 0.0455. The highest BCUT2D eigenvalue weighted by atomic mass is 19.1. The molecule has 2 aromatic heterocycles. The Morgan fingerprint density at radius 1 is 1.07 bits per heavy atom. The highest BCUT2D eigenvalue weighted by molar-refractivity contribution is 5.92. The van der Waals surface area contributed by atoms with Crippen molar-refractivity contribution in [3.63, 3.8) is 0 Å². The third kappa shape index (κ3) is 4.30. The molecule has 0 saturated heterocycles. The molecule has 4 rings (SSSR count). The molecule has 7 heteroatoms. The Bertz CT molecular complexity index is 1200. The van der Waals surface area contributed by atoms with Gasteiger partial charge in [-0.3, -0.25) is 14.9 Å². The van der Waals surface area contributed by atoms with E-state index in [9.17, 15) is 9.18 Å². The molecule has 144 valence electrons. The number of fused-ring (bicyclic) bond motifs is 1. The van der Waals surface area contributed by atoms with Gasteiger partial charge in [0.05, 0.1) is 22.6 Å². The summed E-state index contributed by atoms with van der Waals surface area (Å²) in [7, 11) is 0. The van der Waals surface area contributed by atoms with E-state index < -0.39 is 5.82 Å². The van der Waals surface area contributed by atoms with E-state index in [1.807, 2.05) is 48.6 Å². The Hall–Kier alpha value is -4.00. The van der Waals surface area contributed by atoms with Gasteiger partial charge in [0, 0.05) is 29.9 Å². The van der Waals surface area contributed by atoms with E-state index in [2.05, 4.69) is 25.8 Å². The minimum absolute atomic E-state index is 0.132. The summed E-state index contributed by atoms with van der Waals surface area (Å²) in [5.74, 6) is -0.815. The molecule has 0 radical (unpaired) electrons. The monoisotopic (exact) mass is 387 g/mol. The quantitative estimate of drug-likeness (QED) is 0.452. The van der Waals surface area contributed by atoms with Crippen molar-refractivity contribution in [2.75, 3.05) is 10.6 Å². The zero-order valence-corrected chi connectivity index (χ0v) is 15.6. The van der Waals surface area contributed by atoms with Crippen LogP contribution in [0.25, 0.3) is 23.1 Å². The lowest BCUT2D eigenvalue weighted by Crippen LogP contribution is -2.07. The fourth-order valence-electron chi connectivity index (χ4n) is 2.94. The molecule has 1 amide bonds. The summed E-state index contributed by atoms with van der Waals surface area (Å²) in [6.45, 7) is 1.34. The molecule has 0 saturated carbocycles. The first-order valence-electron chi connectivity index (χ1n) is 9.00. The van der Waals surface area contributed by atoms with Gasteiger partial charge in [-0.05, 0) is 60.7 Å². The molecule has 0 spiro atoms. The maximum Gasteiger partial charge on any atom is 0.221 e. The minimum atomic E-state index is -0.487. The van der Waals surface area contributed by atoms with Crippen LogP contribution in [-0.2, 0) is 4.79 Å². The van der Waals surface area contributed by atoms with Crippen LogP contribution in [0.4, 0.5) is 21.5 Å². The number of nitrogens with zero attached hydrogens (tertiary/aromatic N) is 2. The number of benzene rings is 2. The molecule has 6 nitrogen and oxygen atoms in total. The second kappa shape index (κ2) is 7.93. The number of aromatic amines is 1. The third-order valence-electron chi connectivity index (χ3n) is 4.26. The van der Waals surface area contributed by atoms with Crippen molar-refractivity contribution in [3.05, 3.63) is 78.0 Å². The Morgan fingerprint density at radius 3 is 2.69 bits per heavy atom. The lowest BCUT2D eigenvalue weighted by Gasteiger charge is -2.10. The molecule has 2 heterocycles. The van der Waals surface area contributed by atoms with E-state index in [1.54, 1.807) is 18.3 Å². The molecule has 0 aliphatic heterocycles. The topological polar surface area (TPSA) is 82.7 Å². The number of hydrogen-bond acceptors (Lipinski definition) is 4. The summed E-state index contributed by atoms with van der Waals surface area (Å²) in [4.78, 5) is 15.5. The van der Waals surface area contributed by atoms with Crippen LogP contribution >= 0.6 is 0 Å². The number of anilines is 3. The zero-order valence-electron chi connectivity index (χ0n) is 15.6. The number of pyridine rings is 1. The van der Waals surface area contributed by atoms with Crippen molar-refractivity contribution in [2.24, 2.45) is 0 Å². The summed E-state index contributed by atoms with van der Waals surface area (Å²) < 4.78 is 13.8. The number of hydrogen-bond donors (Lipinski definition) is 3. The highest BCUT2D eigenvalue weighted by Gasteiger charge is 2.07. The number of H-pyrrole nitrogens is 1. The molecule has 2 aromatic carbocycles. The minimum Gasteiger partial charge on any atom is -0.355 e. The first-order chi connectivity index (χ1) is 14.1. The first kappa shape index (κ1) is 18.4. The molecule has 29 heavy (non-hydrogen) atoms. The van der Waals surface area contributed by atoms with Crippen molar-refractivity contribution >= 4 is 46.0 Å². The molecule has 0 bridgehead atoms. The number of rotatable bonds is 5. The number of nitrogens with one attached hydrogen (secondary N) is 3. The standard InChI is InChI=1S/C22H18FN5O/c1-14(29)25-22-13-17(6-9-19(22)23)26-16-5-8-18-20(27-28-21(18)12-16)10-7-15-4-2-3-11-24-15/h2-13,26H,1H3,(H,25,29)(H,27,28). The van der Waals surface area contributed by atoms with Gasteiger partial charge in [0.15, 0.2) is 0 Å². The zero-order chi connectivity index (χ0) is 20.2. The van der Waals surface area contributed by atoms with Crippen molar-refractivity contribution in [1.29, 1.82) is 0 Å². The van der Waals surface area contributed by atoms with Gasteiger partial charge in [-0.2, -0.15) is 5.10 Å².